The summed E-state index contributed by atoms with van der Waals surface area (Å²) in [5.41, 5.74) is 2.24. The third kappa shape index (κ3) is 2.37. The van der Waals surface area contributed by atoms with E-state index in [2.05, 4.69) is 41.8 Å². The van der Waals surface area contributed by atoms with E-state index in [0.717, 1.165) is 25.8 Å². The second kappa shape index (κ2) is 4.94. The smallest absolute Gasteiger partial charge is 0.228 e. The van der Waals surface area contributed by atoms with Gasteiger partial charge in [0.25, 0.3) is 0 Å². The highest BCUT2D eigenvalue weighted by molar-refractivity contribution is 9.11. The van der Waals surface area contributed by atoms with E-state index in [1.54, 1.807) is 19.5 Å². The summed E-state index contributed by atoms with van der Waals surface area (Å²) in [5, 5.41) is 0. The highest BCUT2D eigenvalue weighted by Gasteiger charge is 2.13. The van der Waals surface area contributed by atoms with E-state index in [0.29, 0.717) is 11.5 Å². The third-order valence-corrected chi connectivity index (χ3v) is 3.63. The van der Waals surface area contributed by atoms with Crippen molar-refractivity contribution in [3.05, 3.63) is 39.5 Å². The molecule has 0 saturated carbocycles. The number of nitrogens with zero attached hydrogens (tertiary/aromatic N) is 2. The first-order chi connectivity index (χ1) is 9.17. The Morgan fingerprint density at radius 2 is 2.00 bits per heavy atom. The Kier molecular flexibility index (Phi) is 3.28. The molecule has 0 fully saturated rings. The number of oxazole rings is 1. The van der Waals surface area contributed by atoms with E-state index in [4.69, 9.17) is 9.15 Å². The fourth-order valence-electron chi connectivity index (χ4n) is 1.74. The van der Waals surface area contributed by atoms with E-state index in [1.165, 1.54) is 0 Å². The highest BCUT2D eigenvalue weighted by Crippen LogP contribution is 2.33. The molecular weight excluding hydrogens is 376 g/mol. The molecule has 3 aromatic rings. The fraction of sp³-hybridized carbons (Fsp3) is 0.0769. The van der Waals surface area contributed by atoms with Crippen molar-refractivity contribution in [3.63, 3.8) is 0 Å². The number of pyridine rings is 1. The lowest BCUT2D eigenvalue weighted by molar-refractivity contribution is 0.415. The zero-order valence-electron chi connectivity index (χ0n) is 9.85. The van der Waals surface area contributed by atoms with E-state index in [9.17, 15) is 0 Å². The molecule has 2 heterocycles. The van der Waals surface area contributed by atoms with Gasteiger partial charge in [-0.1, -0.05) is 0 Å². The lowest BCUT2D eigenvalue weighted by atomic mass is 10.3. The summed E-state index contributed by atoms with van der Waals surface area (Å²) in [4.78, 5) is 8.56. The minimum atomic E-state index is 0.526. The first-order valence-corrected chi connectivity index (χ1v) is 7.01. The Morgan fingerprint density at radius 3 is 2.74 bits per heavy atom. The molecule has 0 spiro atoms. The van der Waals surface area contributed by atoms with Crippen molar-refractivity contribution in [3.8, 4) is 17.2 Å². The van der Waals surface area contributed by atoms with Crippen molar-refractivity contribution in [2.75, 3.05) is 7.11 Å². The van der Waals surface area contributed by atoms with Gasteiger partial charge in [0.15, 0.2) is 5.58 Å². The van der Waals surface area contributed by atoms with Gasteiger partial charge >= 0.3 is 0 Å². The molecule has 0 unspecified atom stereocenters. The summed E-state index contributed by atoms with van der Waals surface area (Å²) < 4.78 is 12.7. The Balaban J connectivity index is 2.19. The Morgan fingerprint density at radius 1 is 1.16 bits per heavy atom. The number of hydrogen-bond donors (Lipinski definition) is 0. The first kappa shape index (κ1) is 12.6. The molecular formula is C13H8Br2N2O2. The summed E-state index contributed by atoms with van der Waals surface area (Å²) in [6.45, 7) is 0. The van der Waals surface area contributed by atoms with Crippen LogP contribution in [-0.2, 0) is 0 Å². The molecule has 0 saturated heterocycles. The standard InChI is InChI=1S/C13H8Br2N2O2/c1-18-9-3-10(15)12-11(4-9)17-13(19-12)7-2-8(14)6-16-5-7/h2-6H,1H3. The lowest BCUT2D eigenvalue weighted by Gasteiger charge is -1.98. The summed E-state index contributed by atoms with van der Waals surface area (Å²) in [6, 6.07) is 5.58. The predicted octanol–water partition coefficient (Wildman–Crippen LogP) is 4.42. The summed E-state index contributed by atoms with van der Waals surface area (Å²) >= 11 is 6.83. The second-order valence-electron chi connectivity index (χ2n) is 3.87. The molecule has 19 heavy (non-hydrogen) atoms. The summed E-state index contributed by atoms with van der Waals surface area (Å²) in [6.07, 6.45) is 3.42. The first-order valence-electron chi connectivity index (χ1n) is 5.42. The van der Waals surface area contributed by atoms with Gasteiger partial charge in [-0.2, -0.15) is 0 Å². The number of hydrogen-bond acceptors (Lipinski definition) is 4. The van der Waals surface area contributed by atoms with Gasteiger partial charge in [-0.05, 0) is 44.0 Å². The lowest BCUT2D eigenvalue weighted by Crippen LogP contribution is -1.82. The Hall–Kier alpha value is -1.40. The molecule has 0 aliphatic rings. The molecule has 0 bridgehead atoms. The SMILES string of the molecule is COc1cc(Br)c2oc(-c3cncc(Br)c3)nc2c1. The van der Waals surface area contributed by atoms with Crippen molar-refractivity contribution in [1.29, 1.82) is 0 Å². The molecule has 3 rings (SSSR count). The number of fused-ring (bicyclic) bond motifs is 1. The largest absolute Gasteiger partial charge is 0.497 e. The summed E-state index contributed by atoms with van der Waals surface area (Å²) in [7, 11) is 1.62. The van der Waals surface area contributed by atoms with Gasteiger partial charge in [0.1, 0.15) is 11.3 Å². The van der Waals surface area contributed by atoms with Crippen LogP contribution in [0.5, 0.6) is 5.75 Å². The van der Waals surface area contributed by atoms with Crippen LogP contribution in [0.25, 0.3) is 22.6 Å². The maximum absolute atomic E-state index is 5.76. The van der Waals surface area contributed by atoms with E-state index < -0.39 is 0 Å². The second-order valence-corrected chi connectivity index (χ2v) is 5.64. The van der Waals surface area contributed by atoms with Crippen LogP contribution in [0, 0.1) is 0 Å². The maximum atomic E-state index is 5.76. The molecule has 0 aliphatic heterocycles. The van der Waals surface area contributed by atoms with Crippen LogP contribution < -0.4 is 4.74 Å². The molecule has 1 aromatic carbocycles. The Labute approximate surface area is 126 Å². The van der Waals surface area contributed by atoms with Crippen LogP contribution >= 0.6 is 31.9 Å². The van der Waals surface area contributed by atoms with E-state index in [-0.39, 0.29) is 0 Å². The number of halogens is 2. The van der Waals surface area contributed by atoms with Gasteiger partial charge in [-0.3, -0.25) is 4.98 Å². The number of rotatable bonds is 2. The molecule has 4 nitrogen and oxygen atoms in total. The van der Waals surface area contributed by atoms with Gasteiger partial charge in [-0.15, -0.1) is 0 Å². The van der Waals surface area contributed by atoms with Gasteiger partial charge in [0.05, 0.1) is 17.1 Å². The number of ether oxygens (including phenoxy) is 1. The van der Waals surface area contributed by atoms with Gasteiger partial charge in [-0.25, -0.2) is 4.98 Å². The fourth-order valence-corrected chi connectivity index (χ4v) is 2.61. The quantitative estimate of drug-likeness (QED) is 0.657. The maximum Gasteiger partial charge on any atom is 0.228 e. The molecule has 0 atom stereocenters. The van der Waals surface area contributed by atoms with Crippen molar-refractivity contribution in [2.24, 2.45) is 0 Å². The van der Waals surface area contributed by atoms with Crippen LogP contribution in [0.2, 0.25) is 0 Å². The topological polar surface area (TPSA) is 48.2 Å². The normalized spacial score (nSPS) is 10.9. The van der Waals surface area contributed by atoms with E-state index in [1.807, 2.05) is 18.2 Å². The number of benzene rings is 1. The minimum absolute atomic E-state index is 0.526. The van der Waals surface area contributed by atoms with Crippen LogP contribution in [0.3, 0.4) is 0 Å². The van der Waals surface area contributed by atoms with Gasteiger partial charge in [0, 0.05) is 22.9 Å². The average molecular weight is 384 g/mol. The predicted molar refractivity (Wildman–Crippen MR) is 79.2 cm³/mol. The third-order valence-electron chi connectivity index (χ3n) is 2.61. The summed E-state index contributed by atoms with van der Waals surface area (Å²) in [5.74, 6) is 1.25. The molecule has 96 valence electrons. The molecule has 2 aromatic heterocycles. The molecule has 0 aliphatic carbocycles. The van der Waals surface area contributed by atoms with Crippen LogP contribution in [0.15, 0.2) is 44.0 Å². The van der Waals surface area contributed by atoms with Crippen LogP contribution in [-0.4, -0.2) is 17.1 Å². The van der Waals surface area contributed by atoms with Crippen LogP contribution in [0.1, 0.15) is 0 Å². The zero-order chi connectivity index (χ0) is 13.4. The van der Waals surface area contributed by atoms with Crippen molar-refractivity contribution < 1.29 is 9.15 Å². The van der Waals surface area contributed by atoms with Gasteiger partial charge < -0.3 is 9.15 Å². The van der Waals surface area contributed by atoms with Crippen molar-refractivity contribution in [2.45, 2.75) is 0 Å². The molecule has 0 radical (unpaired) electrons. The zero-order valence-corrected chi connectivity index (χ0v) is 13.0. The minimum Gasteiger partial charge on any atom is -0.497 e. The number of methoxy groups -OCH3 is 1. The van der Waals surface area contributed by atoms with Crippen molar-refractivity contribution >= 4 is 43.0 Å². The van der Waals surface area contributed by atoms with Gasteiger partial charge in [0.2, 0.25) is 5.89 Å². The number of aromatic nitrogens is 2. The van der Waals surface area contributed by atoms with E-state index >= 15 is 0 Å². The molecule has 0 N–H and O–H groups in total. The van der Waals surface area contributed by atoms with Crippen molar-refractivity contribution in [1.82, 2.24) is 9.97 Å². The van der Waals surface area contributed by atoms with Crippen LogP contribution in [0.4, 0.5) is 0 Å². The highest BCUT2D eigenvalue weighted by atomic mass is 79.9. The average Bonchev–Trinajstić information content (AvgIpc) is 2.83. The Bertz CT molecular complexity index is 755. The molecule has 6 heteroatoms. The molecule has 0 amide bonds. The monoisotopic (exact) mass is 382 g/mol.